The van der Waals surface area contributed by atoms with Crippen LogP contribution in [-0.4, -0.2) is 74.7 Å². The van der Waals surface area contributed by atoms with Crippen molar-refractivity contribution in [1.82, 2.24) is 9.80 Å². The third kappa shape index (κ3) is 4.90. The summed E-state index contributed by atoms with van der Waals surface area (Å²) in [5.41, 5.74) is -0.139. The Hall–Kier alpha value is -1.71. The van der Waals surface area contributed by atoms with E-state index in [-0.39, 0.29) is 22.3 Å². The van der Waals surface area contributed by atoms with Gasteiger partial charge in [0, 0.05) is 45.0 Å². The van der Waals surface area contributed by atoms with Crippen molar-refractivity contribution in [1.29, 1.82) is 0 Å². The summed E-state index contributed by atoms with van der Waals surface area (Å²) >= 11 is 0. The SMILES string of the molecule is CCN1CCN(C(C)CNc2cccc(S(C)(=O)=O)c2[N+](=O)[O-])CC1. The maximum Gasteiger partial charge on any atom is 0.310 e. The van der Waals surface area contributed by atoms with Crippen LogP contribution in [0.15, 0.2) is 23.1 Å². The molecule has 1 heterocycles. The standard InChI is InChI=1S/C16H26N4O4S/c1-4-18-8-10-19(11-9-18)13(2)12-17-14-6-5-7-15(25(3,23)24)16(14)20(21)22/h5-7,13,17H,4,8-12H2,1-3H3. The summed E-state index contributed by atoms with van der Waals surface area (Å²) in [6, 6.07) is 4.54. The molecule has 0 radical (unpaired) electrons. The van der Waals surface area contributed by atoms with E-state index in [0.29, 0.717) is 6.54 Å². The van der Waals surface area contributed by atoms with Crippen LogP contribution in [0, 0.1) is 10.1 Å². The number of likely N-dealkylation sites (N-methyl/N-ethyl adjacent to an activating group) is 1. The van der Waals surface area contributed by atoms with Gasteiger partial charge in [-0.1, -0.05) is 13.0 Å². The van der Waals surface area contributed by atoms with E-state index in [4.69, 9.17) is 0 Å². The van der Waals surface area contributed by atoms with Gasteiger partial charge in [0.25, 0.3) is 0 Å². The zero-order valence-corrected chi connectivity index (χ0v) is 15.8. The number of nitro benzene ring substituents is 1. The van der Waals surface area contributed by atoms with Crippen molar-refractivity contribution in [3.05, 3.63) is 28.3 Å². The van der Waals surface area contributed by atoms with Crippen LogP contribution < -0.4 is 5.32 Å². The highest BCUT2D eigenvalue weighted by Gasteiger charge is 2.27. The lowest BCUT2D eigenvalue weighted by Crippen LogP contribution is -2.51. The first-order chi connectivity index (χ1) is 11.7. The summed E-state index contributed by atoms with van der Waals surface area (Å²) < 4.78 is 23.6. The Morgan fingerprint density at radius 3 is 2.44 bits per heavy atom. The second-order valence-electron chi connectivity index (χ2n) is 6.38. The van der Waals surface area contributed by atoms with E-state index in [2.05, 4.69) is 29.0 Å². The van der Waals surface area contributed by atoms with Crippen LogP contribution in [0.5, 0.6) is 0 Å². The van der Waals surface area contributed by atoms with Crippen LogP contribution in [0.2, 0.25) is 0 Å². The third-order valence-electron chi connectivity index (χ3n) is 4.65. The van der Waals surface area contributed by atoms with E-state index in [1.165, 1.54) is 12.1 Å². The Kier molecular flexibility index (Phi) is 6.36. The summed E-state index contributed by atoms with van der Waals surface area (Å²) in [5.74, 6) is 0. The van der Waals surface area contributed by atoms with Crippen LogP contribution in [0.25, 0.3) is 0 Å². The molecule has 0 bridgehead atoms. The van der Waals surface area contributed by atoms with Crippen LogP contribution in [0.1, 0.15) is 13.8 Å². The lowest BCUT2D eigenvalue weighted by molar-refractivity contribution is -0.386. The summed E-state index contributed by atoms with van der Waals surface area (Å²) in [6.07, 6.45) is 0.981. The van der Waals surface area contributed by atoms with E-state index >= 15 is 0 Å². The fourth-order valence-electron chi connectivity index (χ4n) is 3.06. The predicted molar refractivity (Wildman–Crippen MR) is 97.8 cm³/mol. The average molecular weight is 370 g/mol. The number of rotatable bonds is 7. The van der Waals surface area contributed by atoms with Crippen molar-refractivity contribution in [3.8, 4) is 0 Å². The first kappa shape index (κ1) is 19.6. The molecule has 8 nitrogen and oxygen atoms in total. The van der Waals surface area contributed by atoms with Crippen LogP contribution in [-0.2, 0) is 9.84 Å². The van der Waals surface area contributed by atoms with E-state index in [0.717, 1.165) is 39.0 Å². The second kappa shape index (κ2) is 8.11. The van der Waals surface area contributed by atoms with Crippen molar-refractivity contribution < 1.29 is 13.3 Å². The van der Waals surface area contributed by atoms with Gasteiger partial charge in [-0.05, 0) is 25.6 Å². The highest BCUT2D eigenvalue weighted by Crippen LogP contribution is 2.31. The van der Waals surface area contributed by atoms with E-state index < -0.39 is 14.8 Å². The Labute approximate surface area is 148 Å². The molecule has 0 spiro atoms. The zero-order chi connectivity index (χ0) is 18.6. The number of hydrogen-bond donors (Lipinski definition) is 1. The van der Waals surface area contributed by atoms with Gasteiger partial charge in [0.05, 0.1) is 4.92 Å². The highest BCUT2D eigenvalue weighted by atomic mass is 32.2. The fraction of sp³-hybridized carbons (Fsp3) is 0.625. The molecule has 1 aromatic carbocycles. The molecule has 0 aliphatic carbocycles. The van der Waals surface area contributed by atoms with Gasteiger partial charge in [-0.2, -0.15) is 0 Å². The lowest BCUT2D eigenvalue weighted by Gasteiger charge is -2.37. The Morgan fingerprint density at radius 1 is 1.28 bits per heavy atom. The summed E-state index contributed by atoms with van der Waals surface area (Å²) in [4.78, 5) is 15.2. The van der Waals surface area contributed by atoms with Gasteiger partial charge < -0.3 is 10.2 Å². The number of nitro groups is 1. The second-order valence-corrected chi connectivity index (χ2v) is 8.37. The quantitative estimate of drug-likeness (QED) is 0.573. The number of nitrogens with one attached hydrogen (secondary N) is 1. The van der Waals surface area contributed by atoms with Crippen molar-refractivity contribution in [2.24, 2.45) is 0 Å². The van der Waals surface area contributed by atoms with Gasteiger partial charge in [-0.3, -0.25) is 15.0 Å². The molecular weight excluding hydrogens is 344 g/mol. The number of nitrogens with zero attached hydrogens (tertiary/aromatic N) is 3. The monoisotopic (exact) mass is 370 g/mol. The van der Waals surface area contributed by atoms with E-state index in [1.54, 1.807) is 6.07 Å². The molecule has 1 unspecified atom stereocenters. The molecule has 1 aliphatic heterocycles. The van der Waals surface area contributed by atoms with Gasteiger partial charge in [0.15, 0.2) is 9.84 Å². The minimum atomic E-state index is -3.67. The predicted octanol–water partition coefficient (Wildman–Crippen LogP) is 1.44. The molecule has 0 amide bonds. The molecule has 1 saturated heterocycles. The number of piperazine rings is 1. The molecule has 9 heteroatoms. The van der Waals surface area contributed by atoms with Gasteiger partial charge in [-0.15, -0.1) is 0 Å². The Bertz CT molecular complexity index is 715. The van der Waals surface area contributed by atoms with Crippen molar-refractivity contribution >= 4 is 21.2 Å². The molecule has 1 aromatic rings. The normalized spacial score (nSPS) is 18.0. The van der Waals surface area contributed by atoms with Gasteiger partial charge in [0.2, 0.25) is 0 Å². The fourth-order valence-corrected chi connectivity index (χ4v) is 3.92. The van der Waals surface area contributed by atoms with Crippen molar-refractivity contribution in [3.63, 3.8) is 0 Å². The molecule has 140 valence electrons. The van der Waals surface area contributed by atoms with Crippen molar-refractivity contribution in [2.75, 3.05) is 50.8 Å². The largest absolute Gasteiger partial charge is 0.378 e. The van der Waals surface area contributed by atoms with E-state index in [9.17, 15) is 18.5 Å². The number of sulfone groups is 1. The summed E-state index contributed by atoms with van der Waals surface area (Å²) in [7, 11) is -3.67. The molecule has 2 rings (SSSR count). The van der Waals surface area contributed by atoms with Crippen LogP contribution in [0.3, 0.4) is 0 Å². The van der Waals surface area contributed by atoms with Gasteiger partial charge in [-0.25, -0.2) is 8.42 Å². The first-order valence-electron chi connectivity index (χ1n) is 8.41. The number of benzene rings is 1. The maximum absolute atomic E-state index is 11.8. The molecule has 1 N–H and O–H groups in total. The molecular formula is C16H26N4O4S. The highest BCUT2D eigenvalue weighted by molar-refractivity contribution is 7.90. The Balaban J connectivity index is 2.09. The third-order valence-corrected chi connectivity index (χ3v) is 5.77. The van der Waals surface area contributed by atoms with Crippen LogP contribution in [0.4, 0.5) is 11.4 Å². The number of anilines is 1. The number of hydrogen-bond acceptors (Lipinski definition) is 7. The van der Waals surface area contributed by atoms with E-state index in [1.807, 2.05) is 0 Å². The lowest BCUT2D eigenvalue weighted by atomic mass is 10.2. The molecule has 0 saturated carbocycles. The molecule has 1 aliphatic rings. The van der Waals surface area contributed by atoms with Gasteiger partial charge >= 0.3 is 5.69 Å². The molecule has 1 atom stereocenters. The Morgan fingerprint density at radius 2 is 1.92 bits per heavy atom. The van der Waals surface area contributed by atoms with Gasteiger partial charge in [0.1, 0.15) is 10.6 Å². The minimum Gasteiger partial charge on any atom is -0.378 e. The number of para-hydroxylation sites is 1. The molecule has 25 heavy (non-hydrogen) atoms. The molecule has 1 fully saturated rings. The molecule has 0 aromatic heterocycles. The maximum atomic E-state index is 11.8. The first-order valence-corrected chi connectivity index (χ1v) is 10.3. The average Bonchev–Trinajstić information content (AvgIpc) is 2.58. The summed E-state index contributed by atoms with van der Waals surface area (Å²) in [5, 5.41) is 14.5. The topological polar surface area (TPSA) is 95.8 Å². The van der Waals surface area contributed by atoms with Crippen molar-refractivity contribution in [2.45, 2.75) is 24.8 Å². The zero-order valence-electron chi connectivity index (χ0n) is 14.9. The smallest absolute Gasteiger partial charge is 0.310 e. The summed E-state index contributed by atoms with van der Waals surface area (Å²) in [6.45, 7) is 9.74. The minimum absolute atomic E-state index is 0.195. The van der Waals surface area contributed by atoms with Crippen LogP contribution >= 0.6 is 0 Å².